The predicted octanol–water partition coefficient (Wildman–Crippen LogP) is 2.75. The highest BCUT2D eigenvalue weighted by Gasteiger charge is 2.36. The van der Waals surface area contributed by atoms with Gasteiger partial charge in [-0.15, -0.1) is 0 Å². The Labute approximate surface area is 103 Å². The lowest BCUT2D eigenvalue weighted by Gasteiger charge is -2.40. The van der Waals surface area contributed by atoms with Gasteiger partial charge in [0.25, 0.3) is 0 Å². The Balaban J connectivity index is 2.78. The van der Waals surface area contributed by atoms with Crippen molar-refractivity contribution in [3.05, 3.63) is 0 Å². The Morgan fingerprint density at radius 2 is 2.00 bits per heavy atom. The fourth-order valence-electron chi connectivity index (χ4n) is 2.22. The van der Waals surface area contributed by atoms with E-state index < -0.39 is 5.60 Å². The molecule has 0 spiro atoms. The van der Waals surface area contributed by atoms with Crippen molar-refractivity contribution in [1.29, 1.82) is 0 Å². The molecule has 0 aromatic rings. The van der Waals surface area contributed by atoms with Crippen LogP contribution in [0.25, 0.3) is 0 Å². The first-order chi connectivity index (χ1) is 7.74. The maximum absolute atomic E-state index is 12.1. The molecule has 2 atom stereocenters. The van der Waals surface area contributed by atoms with E-state index in [0.29, 0.717) is 12.8 Å². The highest BCUT2D eigenvalue weighted by atomic mass is 16.6. The number of carbonyl (C=O) groups excluding carboxylic acids is 2. The Bertz CT molecular complexity index is 306. The highest BCUT2D eigenvalue weighted by molar-refractivity contribution is 5.83. The van der Waals surface area contributed by atoms with Gasteiger partial charge in [-0.25, -0.2) is 4.79 Å². The summed E-state index contributed by atoms with van der Waals surface area (Å²) in [4.78, 5) is 25.3. The Morgan fingerprint density at radius 1 is 1.41 bits per heavy atom. The quantitative estimate of drug-likeness (QED) is 0.709. The molecule has 0 radical (unpaired) electrons. The zero-order chi connectivity index (χ0) is 13.2. The highest BCUT2D eigenvalue weighted by Crippen LogP contribution is 2.25. The van der Waals surface area contributed by atoms with E-state index in [2.05, 4.69) is 0 Å². The first kappa shape index (κ1) is 14.0. The Morgan fingerprint density at radius 3 is 2.47 bits per heavy atom. The van der Waals surface area contributed by atoms with Gasteiger partial charge in [-0.2, -0.15) is 0 Å². The molecule has 1 heterocycles. The number of ether oxygens (including phenoxy) is 1. The van der Waals surface area contributed by atoms with E-state index in [1.165, 1.54) is 0 Å². The van der Waals surface area contributed by atoms with E-state index in [1.807, 2.05) is 34.6 Å². The van der Waals surface area contributed by atoms with Crippen molar-refractivity contribution >= 4 is 11.9 Å². The summed E-state index contributed by atoms with van der Waals surface area (Å²) in [6.45, 7) is 9.46. The molecule has 0 bridgehead atoms. The molecule has 4 heteroatoms. The molecule has 0 aromatic heterocycles. The summed E-state index contributed by atoms with van der Waals surface area (Å²) >= 11 is 0. The second kappa shape index (κ2) is 5.07. The number of amides is 1. The van der Waals surface area contributed by atoms with E-state index >= 15 is 0 Å². The van der Waals surface area contributed by atoms with Gasteiger partial charge in [0, 0.05) is 24.9 Å². The van der Waals surface area contributed by atoms with Gasteiger partial charge in [0.1, 0.15) is 11.4 Å². The molecule has 1 aliphatic rings. The van der Waals surface area contributed by atoms with Crippen LogP contribution in [0.4, 0.5) is 4.79 Å². The number of hydrogen-bond donors (Lipinski definition) is 0. The van der Waals surface area contributed by atoms with Gasteiger partial charge in [-0.05, 0) is 34.1 Å². The van der Waals surface area contributed by atoms with Gasteiger partial charge in [-0.1, -0.05) is 6.92 Å². The van der Waals surface area contributed by atoms with E-state index in [0.717, 1.165) is 6.42 Å². The summed E-state index contributed by atoms with van der Waals surface area (Å²) in [6, 6.07) is -0.0721. The van der Waals surface area contributed by atoms with E-state index in [9.17, 15) is 9.59 Å². The third-order valence-corrected chi connectivity index (χ3v) is 2.93. The SMILES string of the molecule is CC[C@@H]1CC(=O)CC(C)N1C(=O)OC(C)(C)C. The third kappa shape index (κ3) is 3.72. The molecular weight excluding hydrogens is 218 g/mol. The number of piperidine rings is 1. The number of ketones is 1. The van der Waals surface area contributed by atoms with Crippen molar-refractivity contribution in [2.24, 2.45) is 0 Å². The molecule has 1 amide bonds. The molecule has 1 rings (SSSR count). The van der Waals surface area contributed by atoms with Crippen LogP contribution >= 0.6 is 0 Å². The van der Waals surface area contributed by atoms with Gasteiger partial charge in [-0.3, -0.25) is 4.79 Å². The molecule has 98 valence electrons. The van der Waals surface area contributed by atoms with Crippen LogP contribution in [-0.2, 0) is 9.53 Å². The van der Waals surface area contributed by atoms with Crippen molar-refractivity contribution in [2.75, 3.05) is 0 Å². The largest absolute Gasteiger partial charge is 0.444 e. The molecular formula is C13H23NO3. The van der Waals surface area contributed by atoms with Crippen LogP contribution < -0.4 is 0 Å². The summed E-state index contributed by atoms with van der Waals surface area (Å²) in [5.74, 6) is 0.240. The average molecular weight is 241 g/mol. The number of hydrogen-bond acceptors (Lipinski definition) is 3. The maximum Gasteiger partial charge on any atom is 0.410 e. The van der Waals surface area contributed by atoms with E-state index in [-0.39, 0.29) is 24.0 Å². The standard InChI is InChI=1S/C13H23NO3/c1-6-10-8-11(15)7-9(2)14(10)12(16)17-13(3,4)5/h9-10H,6-8H2,1-5H3/t9?,10-/m1/s1. The van der Waals surface area contributed by atoms with E-state index in [1.54, 1.807) is 4.90 Å². The fraction of sp³-hybridized carbons (Fsp3) is 0.846. The van der Waals surface area contributed by atoms with Crippen molar-refractivity contribution in [3.63, 3.8) is 0 Å². The van der Waals surface area contributed by atoms with Gasteiger partial charge >= 0.3 is 6.09 Å². The first-order valence-electron chi connectivity index (χ1n) is 6.27. The van der Waals surface area contributed by atoms with E-state index in [4.69, 9.17) is 4.74 Å². The van der Waals surface area contributed by atoms with Crippen molar-refractivity contribution < 1.29 is 14.3 Å². The van der Waals surface area contributed by atoms with Crippen LogP contribution in [0.3, 0.4) is 0 Å². The summed E-state index contributed by atoms with van der Waals surface area (Å²) in [5.41, 5.74) is -0.490. The predicted molar refractivity (Wildman–Crippen MR) is 65.9 cm³/mol. The number of nitrogens with zero attached hydrogens (tertiary/aromatic N) is 1. The van der Waals surface area contributed by atoms with Gasteiger partial charge in [0.05, 0.1) is 0 Å². The monoisotopic (exact) mass is 241 g/mol. The third-order valence-electron chi connectivity index (χ3n) is 2.93. The minimum Gasteiger partial charge on any atom is -0.444 e. The van der Waals surface area contributed by atoms with Crippen LogP contribution in [0.2, 0.25) is 0 Å². The molecule has 1 fully saturated rings. The van der Waals surface area contributed by atoms with Crippen molar-refractivity contribution in [3.8, 4) is 0 Å². The first-order valence-corrected chi connectivity index (χ1v) is 6.27. The zero-order valence-electron chi connectivity index (χ0n) is 11.4. The average Bonchev–Trinajstić information content (AvgIpc) is 2.12. The maximum atomic E-state index is 12.1. The number of likely N-dealkylation sites (tertiary alicyclic amines) is 1. The molecule has 0 saturated carbocycles. The summed E-state index contributed by atoms with van der Waals surface area (Å²) in [6.07, 6.45) is 1.38. The second-order valence-electron chi connectivity index (χ2n) is 5.75. The minimum atomic E-state index is -0.490. The summed E-state index contributed by atoms with van der Waals surface area (Å²) in [7, 11) is 0. The van der Waals surface area contributed by atoms with Gasteiger partial charge in [0.2, 0.25) is 0 Å². The lowest BCUT2D eigenvalue weighted by atomic mass is 9.94. The van der Waals surface area contributed by atoms with Crippen molar-refractivity contribution in [1.82, 2.24) is 4.90 Å². The fourth-order valence-corrected chi connectivity index (χ4v) is 2.22. The Kier molecular flexibility index (Phi) is 4.17. The molecule has 4 nitrogen and oxygen atoms in total. The number of rotatable bonds is 1. The molecule has 1 saturated heterocycles. The number of carbonyl (C=O) groups is 2. The van der Waals surface area contributed by atoms with Crippen LogP contribution in [-0.4, -0.2) is 34.5 Å². The normalized spacial score (nSPS) is 25.9. The van der Waals surface area contributed by atoms with Crippen molar-refractivity contribution in [2.45, 2.75) is 71.6 Å². The smallest absolute Gasteiger partial charge is 0.410 e. The van der Waals surface area contributed by atoms with Crippen LogP contribution in [0, 0.1) is 0 Å². The Hall–Kier alpha value is -1.06. The topological polar surface area (TPSA) is 46.6 Å². The van der Waals surface area contributed by atoms with Crippen LogP contribution in [0.15, 0.2) is 0 Å². The lowest BCUT2D eigenvalue weighted by Crippen LogP contribution is -2.52. The van der Waals surface area contributed by atoms with Gasteiger partial charge in [0.15, 0.2) is 0 Å². The number of Topliss-reactive ketones (excluding diaryl/α,β-unsaturated/α-hetero) is 1. The molecule has 0 N–H and O–H groups in total. The lowest BCUT2D eigenvalue weighted by molar-refractivity contribution is -0.124. The molecule has 17 heavy (non-hydrogen) atoms. The second-order valence-corrected chi connectivity index (χ2v) is 5.75. The molecule has 0 aliphatic carbocycles. The summed E-state index contributed by atoms with van der Waals surface area (Å²) < 4.78 is 5.39. The molecule has 0 aromatic carbocycles. The van der Waals surface area contributed by atoms with Crippen LogP contribution in [0.1, 0.15) is 53.9 Å². The van der Waals surface area contributed by atoms with Crippen LogP contribution in [0.5, 0.6) is 0 Å². The van der Waals surface area contributed by atoms with Gasteiger partial charge < -0.3 is 9.64 Å². The molecule has 1 aliphatic heterocycles. The zero-order valence-corrected chi connectivity index (χ0v) is 11.4. The summed E-state index contributed by atoms with van der Waals surface area (Å²) in [5, 5.41) is 0. The molecule has 1 unspecified atom stereocenters. The minimum absolute atomic E-state index is 0.0129.